The second-order valence-corrected chi connectivity index (χ2v) is 9.51. The number of amides is 1. The molecule has 0 bridgehead atoms. The number of para-hydroxylation sites is 1. The van der Waals surface area contributed by atoms with Crippen LogP contribution in [0.25, 0.3) is 11.0 Å². The third-order valence-corrected chi connectivity index (χ3v) is 6.40. The number of fused-ring (bicyclic) bond motifs is 2. The first kappa shape index (κ1) is 23.7. The van der Waals surface area contributed by atoms with Gasteiger partial charge in [0.2, 0.25) is 0 Å². The van der Waals surface area contributed by atoms with E-state index in [-0.39, 0.29) is 29.4 Å². The van der Waals surface area contributed by atoms with E-state index >= 15 is 0 Å². The first-order chi connectivity index (χ1) is 16.2. The number of ether oxygens (including phenoxy) is 2. The molecule has 2 heterocycles. The van der Waals surface area contributed by atoms with Gasteiger partial charge in [-0.2, -0.15) is 0 Å². The van der Waals surface area contributed by atoms with Crippen molar-refractivity contribution in [2.24, 2.45) is 5.41 Å². The van der Waals surface area contributed by atoms with Gasteiger partial charge in [-0.25, -0.2) is 4.79 Å². The molecule has 9 nitrogen and oxygen atoms in total. The second-order valence-electron chi connectivity index (χ2n) is 9.51. The van der Waals surface area contributed by atoms with Crippen molar-refractivity contribution in [2.75, 3.05) is 19.0 Å². The number of hydrogen-bond donors (Lipinski definition) is 4. The van der Waals surface area contributed by atoms with Gasteiger partial charge < -0.3 is 30.0 Å². The maximum atomic E-state index is 12.5. The number of nitrogens with zero attached hydrogens (tertiary/aromatic N) is 1. The molecule has 34 heavy (non-hydrogen) atoms. The smallest absolute Gasteiger partial charge is 0.326 e. The van der Waals surface area contributed by atoms with E-state index < -0.39 is 6.10 Å². The number of anilines is 1. The van der Waals surface area contributed by atoms with Crippen LogP contribution in [0.2, 0.25) is 0 Å². The molecule has 1 aliphatic rings. The average molecular weight is 470 g/mol. The number of aromatic nitrogens is 2. The predicted octanol–water partition coefficient (Wildman–Crippen LogP) is 3.69. The van der Waals surface area contributed by atoms with Gasteiger partial charge in [0.25, 0.3) is 5.91 Å². The maximum Gasteiger partial charge on any atom is 0.326 e. The zero-order valence-corrected chi connectivity index (χ0v) is 19.7. The van der Waals surface area contributed by atoms with Gasteiger partial charge in [-0.05, 0) is 49.3 Å². The second kappa shape index (κ2) is 9.42. The van der Waals surface area contributed by atoms with E-state index in [1.807, 2.05) is 18.2 Å². The molecule has 1 amide bonds. The quantitative estimate of drug-likeness (QED) is 0.379. The van der Waals surface area contributed by atoms with Crippen LogP contribution in [-0.4, -0.2) is 39.4 Å². The van der Waals surface area contributed by atoms with Crippen molar-refractivity contribution in [2.45, 2.75) is 52.2 Å². The van der Waals surface area contributed by atoms with Crippen LogP contribution >= 0.6 is 0 Å². The van der Waals surface area contributed by atoms with E-state index in [4.69, 9.17) is 9.47 Å². The first-order valence-electron chi connectivity index (χ1n) is 11.4. The number of imidazole rings is 1. The first-order valence-corrected chi connectivity index (χ1v) is 11.4. The highest BCUT2D eigenvalue weighted by Gasteiger charge is 2.26. The van der Waals surface area contributed by atoms with Crippen LogP contribution in [0.1, 0.15) is 51.2 Å². The van der Waals surface area contributed by atoms with E-state index in [1.54, 1.807) is 11.7 Å². The minimum absolute atomic E-state index is 0.0429. The van der Waals surface area contributed by atoms with E-state index in [0.29, 0.717) is 41.2 Å². The van der Waals surface area contributed by atoms with Crippen molar-refractivity contribution in [3.05, 3.63) is 46.4 Å². The lowest BCUT2D eigenvalue weighted by atomic mass is 9.81. The van der Waals surface area contributed by atoms with E-state index in [0.717, 1.165) is 24.8 Å². The lowest BCUT2D eigenvalue weighted by Crippen LogP contribution is -2.26. The van der Waals surface area contributed by atoms with Crippen molar-refractivity contribution >= 4 is 22.6 Å². The fourth-order valence-electron chi connectivity index (χ4n) is 4.53. The Hall–Kier alpha value is -3.46. The standard InChI is InChI=1S/C25H31N3O6/c1-25(2,9-5-11-28-18-6-4-7-20(33-3)22(18)27-24(28)32)10-8-19(30)16-12-15(29)13-17-23(16)34-14-21(31)26-17/h4,6-7,12-13,19,29-30H,5,8-11,14H2,1-3H3,(H,26,31)(H,27,32). The van der Waals surface area contributed by atoms with E-state index in [2.05, 4.69) is 24.1 Å². The molecule has 1 aliphatic heterocycles. The number of aromatic amines is 1. The summed E-state index contributed by atoms with van der Waals surface area (Å²) in [6.07, 6.45) is 1.99. The molecule has 4 N–H and O–H groups in total. The third kappa shape index (κ3) is 4.89. The number of H-pyrrole nitrogens is 1. The number of carbonyl (C=O) groups is 1. The summed E-state index contributed by atoms with van der Waals surface area (Å²) in [6, 6.07) is 8.48. The van der Waals surface area contributed by atoms with Crippen molar-refractivity contribution in [1.82, 2.24) is 9.55 Å². The average Bonchev–Trinajstić information content (AvgIpc) is 3.11. The Morgan fingerprint density at radius 3 is 2.79 bits per heavy atom. The highest BCUT2D eigenvalue weighted by atomic mass is 16.5. The number of aliphatic hydroxyl groups excluding tert-OH is 1. The summed E-state index contributed by atoms with van der Waals surface area (Å²) in [7, 11) is 1.58. The minimum atomic E-state index is -0.848. The number of aliphatic hydroxyl groups is 1. The molecule has 0 aliphatic carbocycles. The molecule has 0 spiro atoms. The number of carbonyl (C=O) groups excluding carboxylic acids is 1. The molecule has 182 valence electrons. The molecule has 1 aromatic heterocycles. The van der Waals surface area contributed by atoms with Crippen LogP contribution in [0, 0.1) is 5.41 Å². The van der Waals surface area contributed by atoms with E-state index in [9.17, 15) is 19.8 Å². The molecule has 2 aromatic carbocycles. The van der Waals surface area contributed by atoms with E-state index in [1.165, 1.54) is 12.1 Å². The largest absolute Gasteiger partial charge is 0.508 e. The number of hydrogen-bond acceptors (Lipinski definition) is 6. The normalized spacial score (nSPS) is 14.4. The molecular weight excluding hydrogens is 438 g/mol. The van der Waals surface area contributed by atoms with Gasteiger partial charge >= 0.3 is 5.69 Å². The number of methoxy groups -OCH3 is 1. The van der Waals surface area contributed by atoms with Crippen LogP contribution in [0.15, 0.2) is 35.1 Å². The fraction of sp³-hybridized carbons (Fsp3) is 0.440. The lowest BCUT2D eigenvalue weighted by molar-refractivity contribution is -0.118. The monoisotopic (exact) mass is 469 g/mol. The number of phenols is 1. The van der Waals surface area contributed by atoms with Crippen LogP contribution in [-0.2, 0) is 11.3 Å². The number of rotatable bonds is 9. The van der Waals surface area contributed by atoms with Crippen LogP contribution in [0.5, 0.6) is 17.2 Å². The number of phenolic OH excluding ortho intramolecular Hbond substituents is 1. The van der Waals surface area contributed by atoms with Gasteiger partial charge in [-0.3, -0.25) is 9.36 Å². The van der Waals surface area contributed by atoms with Crippen molar-refractivity contribution in [3.63, 3.8) is 0 Å². The summed E-state index contributed by atoms with van der Waals surface area (Å²) < 4.78 is 12.6. The molecule has 0 saturated carbocycles. The van der Waals surface area contributed by atoms with Crippen LogP contribution < -0.4 is 20.5 Å². The Morgan fingerprint density at radius 1 is 1.24 bits per heavy atom. The Kier molecular flexibility index (Phi) is 6.56. The Labute approximate surface area is 197 Å². The zero-order valence-electron chi connectivity index (χ0n) is 19.7. The van der Waals surface area contributed by atoms with Crippen molar-refractivity contribution < 1.29 is 24.5 Å². The highest BCUT2D eigenvalue weighted by Crippen LogP contribution is 2.41. The zero-order chi connectivity index (χ0) is 24.5. The number of aromatic hydroxyl groups is 1. The van der Waals surface area contributed by atoms with Gasteiger partial charge in [0.05, 0.1) is 24.4 Å². The van der Waals surface area contributed by atoms with Crippen LogP contribution in [0.4, 0.5) is 5.69 Å². The molecule has 0 radical (unpaired) electrons. The summed E-state index contributed by atoms with van der Waals surface area (Å²) >= 11 is 0. The third-order valence-electron chi connectivity index (χ3n) is 6.40. The molecule has 1 unspecified atom stereocenters. The summed E-state index contributed by atoms with van der Waals surface area (Å²) in [5, 5.41) is 23.5. The molecular formula is C25H31N3O6. The summed E-state index contributed by atoms with van der Waals surface area (Å²) in [5.41, 5.74) is 2.10. The number of aryl methyl sites for hydroxylation is 1. The number of benzene rings is 2. The molecule has 4 rings (SSSR count). The van der Waals surface area contributed by atoms with Gasteiger partial charge in [-0.1, -0.05) is 19.9 Å². The van der Waals surface area contributed by atoms with Gasteiger partial charge in [0.1, 0.15) is 22.8 Å². The number of nitrogens with one attached hydrogen (secondary N) is 2. The molecule has 0 saturated heterocycles. The Morgan fingerprint density at radius 2 is 2.03 bits per heavy atom. The Bertz CT molecular complexity index is 1260. The maximum absolute atomic E-state index is 12.5. The SMILES string of the molecule is COc1cccc2c1[nH]c(=O)n2CCCC(C)(C)CCC(O)c1cc(O)cc2c1OCC(=O)N2. The summed E-state index contributed by atoms with van der Waals surface area (Å²) in [6.45, 7) is 4.72. The molecule has 3 aromatic rings. The molecule has 1 atom stereocenters. The van der Waals surface area contributed by atoms with Crippen molar-refractivity contribution in [3.8, 4) is 17.2 Å². The van der Waals surface area contributed by atoms with Gasteiger partial charge in [0.15, 0.2) is 6.61 Å². The summed E-state index contributed by atoms with van der Waals surface area (Å²) in [4.78, 5) is 26.9. The topological polar surface area (TPSA) is 126 Å². The highest BCUT2D eigenvalue weighted by molar-refractivity contribution is 5.96. The molecule has 9 heteroatoms. The van der Waals surface area contributed by atoms with Crippen LogP contribution in [0.3, 0.4) is 0 Å². The van der Waals surface area contributed by atoms with Gasteiger partial charge in [-0.15, -0.1) is 0 Å². The minimum Gasteiger partial charge on any atom is -0.508 e. The van der Waals surface area contributed by atoms with Crippen molar-refractivity contribution in [1.29, 1.82) is 0 Å². The lowest BCUT2D eigenvalue weighted by Gasteiger charge is -2.27. The van der Waals surface area contributed by atoms with Gasteiger partial charge in [0, 0.05) is 18.2 Å². The Balaban J connectivity index is 1.38. The summed E-state index contributed by atoms with van der Waals surface area (Å²) in [5.74, 6) is 0.697. The predicted molar refractivity (Wildman–Crippen MR) is 129 cm³/mol. The fourth-order valence-corrected chi connectivity index (χ4v) is 4.53. The molecule has 0 fully saturated rings.